The Morgan fingerprint density at radius 3 is 2.67 bits per heavy atom. The minimum absolute atomic E-state index is 0.467. The van der Waals surface area contributed by atoms with E-state index in [0.717, 1.165) is 12.4 Å². The molecule has 0 radical (unpaired) electrons. The molecule has 0 aromatic carbocycles. The molecule has 0 unspecified atom stereocenters. The van der Waals surface area contributed by atoms with E-state index in [-0.39, 0.29) is 0 Å². The maximum Gasteiger partial charge on any atom is 0.144 e. The molecule has 0 bridgehead atoms. The monoisotopic (exact) mass is 206 g/mol. The van der Waals surface area contributed by atoms with Crippen LogP contribution in [-0.2, 0) is 0 Å². The highest BCUT2D eigenvalue weighted by molar-refractivity contribution is 5.36. The molecule has 1 heterocycles. The maximum atomic E-state index is 5.47. The predicted octanol–water partition coefficient (Wildman–Crippen LogP) is 2.05. The van der Waals surface area contributed by atoms with E-state index in [2.05, 4.69) is 22.2 Å². The quantitative estimate of drug-likeness (QED) is 0.791. The third kappa shape index (κ3) is 2.19. The van der Waals surface area contributed by atoms with Crippen LogP contribution in [0.4, 0.5) is 11.6 Å². The van der Waals surface area contributed by atoms with E-state index in [0.29, 0.717) is 11.2 Å². The molecule has 1 saturated carbocycles. The Morgan fingerprint density at radius 1 is 1.40 bits per heavy atom. The van der Waals surface area contributed by atoms with Gasteiger partial charge in [-0.3, -0.25) is 0 Å². The molecule has 3 N–H and O–H groups in total. The van der Waals surface area contributed by atoms with Crippen molar-refractivity contribution in [1.29, 1.82) is 0 Å². The number of nitrogens with two attached hydrogens (primary N) is 1. The van der Waals surface area contributed by atoms with E-state index in [1.165, 1.54) is 25.7 Å². The van der Waals surface area contributed by atoms with Crippen molar-refractivity contribution in [2.45, 2.75) is 32.6 Å². The number of hydrogen-bond donors (Lipinski definition) is 2. The van der Waals surface area contributed by atoms with Crippen molar-refractivity contribution in [3.05, 3.63) is 12.4 Å². The first-order chi connectivity index (χ1) is 7.24. The Hall–Kier alpha value is -1.32. The van der Waals surface area contributed by atoms with Gasteiger partial charge in [0, 0.05) is 6.54 Å². The fourth-order valence-corrected chi connectivity index (χ4v) is 2.04. The molecule has 4 heteroatoms. The van der Waals surface area contributed by atoms with Crippen LogP contribution in [0.2, 0.25) is 0 Å². The second-order valence-corrected chi connectivity index (χ2v) is 4.39. The lowest BCUT2D eigenvalue weighted by Gasteiger charge is -2.41. The lowest BCUT2D eigenvalue weighted by molar-refractivity contribution is 0.145. The zero-order valence-corrected chi connectivity index (χ0v) is 9.16. The average Bonchev–Trinajstić information content (AvgIpc) is 2.20. The Kier molecular flexibility index (Phi) is 2.75. The summed E-state index contributed by atoms with van der Waals surface area (Å²) in [4.78, 5) is 8.18. The van der Waals surface area contributed by atoms with E-state index in [1.54, 1.807) is 12.4 Å². The molecule has 1 aromatic rings. The molecule has 1 aliphatic rings. The summed E-state index contributed by atoms with van der Waals surface area (Å²) in [6.45, 7) is 3.26. The fraction of sp³-hybridized carbons (Fsp3) is 0.636. The van der Waals surface area contributed by atoms with Gasteiger partial charge in [0.05, 0.1) is 12.4 Å². The van der Waals surface area contributed by atoms with Gasteiger partial charge in [-0.05, 0) is 24.7 Å². The zero-order chi connectivity index (χ0) is 10.7. The topological polar surface area (TPSA) is 63.8 Å². The molecule has 0 spiro atoms. The number of hydrogen-bond acceptors (Lipinski definition) is 4. The zero-order valence-electron chi connectivity index (χ0n) is 9.16. The third-order valence-electron chi connectivity index (χ3n) is 3.48. The van der Waals surface area contributed by atoms with Crippen LogP contribution < -0.4 is 11.1 Å². The summed E-state index contributed by atoms with van der Waals surface area (Å²) in [5.41, 5.74) is 5.97. The van der Waals surface area contributed by atoms with Crippen LogP contribution in [0.25, 0.3) is 0 Å². The van der Waals surface area contributed by atoms with Gasteiger partial charge in [0.1, 0.15) is 11.6 Å². The number of nitrogens with zero attached hydrogens (tertiary/aromatic N) is 2. The minimum atomic E-state index is 0.467. The van der Waals surface area contributed by atoms with Crippen LogP contribution in [-0.4, -0.2) is 16.5 Å². The largest absolute Gasteiger partial charge is 0.382 e. The van der Waals surface area contributed by atoms with Gasteiger partial charge >= 0.3 is 0 Å². The Balaban J connectivity index is 1.90. The van der Waals surface area contributed by atoms with Crippen LogP contribution >= 0.6 is 0 Å². The molecule has 1 aliphatic carbocycles. The normalized spacial score (nSPS) is 18.2. The minimum Gasteiger partial charge on any atom is -0.382 e. The molecule has 1 aromatic heterocycles. The number of aromatic nitrogens is 2. The fourth-order valence-electron chi connectivity index (χ4n) is 2.04. The van der Waals surface area contributed by atoms with Gasteiger partial charge in [-0.2, -0.15) is 0 Å². The molecule has 1 fully saturated rings. The second kappa shape index (κ2) is 4.04. The van der Waals surface area contributed by atoms with Gasteiger partial charge < -0.3 is 11.1 Å². The summed E-state index contributed by atoms with van der Waals surface area (Å²) < 4.78 is 0. The van der Waals surface area contributed by atoms with E-state index in [1.807, 2.05) is 0 Å². The first kappa shape index (κ1) is 10.2. The Morgan fingerprint density at radius 2 is 2.20 bits per heavy atom. The summed E-state index contributed by atoms with van der Waals surface area (Å²) >= 11 is 0. The molecular weight excluding hydrogens is 188 g/mol. The summed E-state index contributed by atoms with van der Waals surface area (Å²) in [6, 6.07) is 0. The average molecular weight is 206 g/mol. The first-order valence-corrected chi connectivity index (χ1v) is 5.55. The molecule has 4 nitrogen and oxygen atoms in total. The van der Waals surface area contributed by atoms with Crippen molar-refractivity contribution in [1.82, 2.24) is 9.97 Å². The van der Waals surface area contributed by atoms with E-state index in [4.69, 9.17) is 5.73 Å². The van der Waals surface area contributed by atoms with Gasteiger partial charge in [-0.25, -0.2) is 9.97 Å². The van der Waals surface area contributed by atoms with Crippen LogP contribution in [0.15, 0.2) is 12.4 Å². The summed E-state index contributed by atoms with van der Waals surface area (Å²) in [5, 5.41) is 3.34. The number of anilines is 2. The van der Waals surface area contributed by atoms with Crippen molar-refractivity contribution >= 4 is 11.6 Å². The van der Waals surface area contributed by atoms with Gasteiger partial charge in [-0.1, -0.05) is 13.3 Å². The number of nitrogen functional groups attached to an aromatic ring is 1. The predicted molar refractivity (Wildman–Crippen MR) is 61.5 cm³/mol. The van der Waals surface area contributed by atoms with Gasteiger partial charge in [0.15, 0.2) is 0 Å². The highest BCUT2D eigenvalue weighted by Crippen LogP contribution is 2.43. The van der Waals surface area contributed by atoms with Crippen molar-refractivity contribution in [2.24, 2.45) is 5.41 Å². The van der Waals surface area contributed by atoms with Crippen molar-refractivity contribution in [3.63, 3.8) is 0 Å². The van der Waals surface area contributed by atoms with Crippen molar-refractivity contribution in [3.8, 4) is 0 Å². The molecular formula is C11H18N4. The van der Waals surface area contributed by atoms with Crippen LogP contribution in [0.5, 0.6) is 0 Å². The molecule has 0 aliphatic heterocycles. The Labute approximate surface area is 90.3 Å². The SMILES string of the molecule is CCC1(CNc2cnc(N)cn2)CCC1. The maximum absolute atomic E-state index is 5.47. The van der Waals surface area contributed by atoms with E-state index in [9.17, 15) is 0 Å². The molecule has 0 atom stereocenters. The van der Waals surface area contributed by atoms with Gasteiger partial charge in [-0.15, -0.1) is 0 Å². The third-order valence-corrected chi connectivity index (χ3v) is 3.48. The number of nitrogens with one attached hydrogen (secondary N) is 1. The first-order valence-electron chi connectivity index (χ1n) is 5.55. The lowest BCUT2D eigenvalue weighted by Crippen LogP contribution is -2.36. The lowest BCUT2D eigenvalue weighted by atomic mass is 9.67. The van der Waals surface area contributed by atoms with E-state index >= 15 is 0 Å². The summed E-state index contributed by atoms with van der Waals surface area (Å²) in [7, 11) is 0. The standard InChI is InChI=1S/C11H18N4/c1-2-11(4-3-5-11)8-15-10-7-13-9(12)6-14-10/h6-7H,2-5,8H2,1H3,(H2,12,13)(H,14,15). The Bertz CT molecular complexity index is 310. The van der Waals surface area contributed by atoms with Gasteiger partial charge in [0.25, 0.3) is 0 Å². The molecule has 15 heavy (non-hydrogen) atoms. The molecule has 2 rings (SSSR count). The second-order valence-electron chi connectivity index (χ2n) is 4.39. The highest BCUT2D eigenvalue weighted by Gasteiger charge is 2.34. The van der Waals surface area contributed by atoms with Crippen LogP contribution in [0.1, 0.15) is 32.6 Å². The van der Waals surface area contributed by atoms with E-state index < -0.39 is 0 Å². The van der Waals surface area contributed by atoms with Crippen molar-refractivity contribution in [2.75, 3.05) is 17.6 Å². The van der Waals surface area contributed by atoms with Crippen LogP contribution in [0, 0.1) is 5.41 Å². The summed E-state index contributed by atoms with van der Waals surface area (Å²) in [5.74, 6) is 1.29. The molecule has 82 valence electrons. The van der Waals surface area contributed by atoms with Gasteiger partial charge in [0.2, 0.25) is 0 Å². The highest BCUT2D eigenvalue weighted by atomic mass is 15.0. The molecule has 0 saturated heterocycles. The summed E-state index contributed by atoms with van der Waals surface area (Å²) in [6.07, 6.45) is 8.54. The van der Waals surface area contributed by atoms with Crippen LogP contribution in [0.3, 0.4) is 0 Å². The smallest absolute Gasteiger partial charge is 0.144 e. The van der Waals surface area contributed by atoms with Crippen molar-refractivity contribution < 1.29 is 0 Å². The molecule has 0 amide bonds. The number of rotatable bonds is 4.